The number of hydrogen-bond donors (Lipinski definition) is 1. The molecule has 1 N–H and O–H groups in total. The molecule has 0 radical (unpaired) electrons. The van der Waals surface area contributed by atoms with Gasteiger partial charge in [0.15, 0.2) is 5.13 Å². The number of rotatable bonds is 5. The number of nitrogens with zero attached hydrogens (tertiary/aromatic N) is 2. The number of anilines is 1. The van der Waals surface area contributed by atoms with E-state index in [-0.39, 0.29) is 10.8 Å². The quantitative estimate of drug-likeness (QED) is 0.694. The summed E-state index contributed by atoms with van der Waals surface area (Å²) in [5.41, 5.74) is 1.04. The molecule has 0 unspecified atom stereocenters. The van der Waals surface area contributed by atoms with Crippen LogP contribution in [0.5, 0.6) is 0 Å². The number of fused-ring (bicyclic) bond motifs is 1. The second kappa shape index (κ2) is 7.32. The van der Waals surface area contributed by atoms with Gasteiger partial charge in [-0.1, -0.05) is 35.9 Å². The number of thiazole rings is 1. The highest BCUT2D eigenvalue weighted by Crippen LogP contribution is 2.29. The zero-order valence-corrected chi connectivity index (χ0v) is 16.5. The van der Waals surface area contributed by atoms with E-state index in [1.54, 1.807) is 43.3 Å². The molecule has 1 aromatic heterocycles. The first-order chi connectivity index (χ1) is 12.3. The summed E-state index contributed by atoms with van der Waals surface area (Å²) in [4.78, 5) is 16.8. The number of benzene rings is 2. The summed E-state index contributed by atoms with van der Waals surface area (Å²) < 4.78 is 26.8. The van der Waals surface area contributed by atoms with Crippen LogP contribution in [0.4, 0.5) is 5.13 Å². The van der Waals surface area contributed by atoms with Gasteiger partial charge in [-0.25, -0.2) is 17.7 Å². The monoisotopic (exact) mass is 409 g/mol. The van der Waals surface area contributed by atoms with Gasteiger partial charge in [-0.2, -0.15) is 0 Å². The Labute approximate surface area is 160 Å². The number of amides is 1. The maximum absolute atomic E-state index is 12.4. The number of carbonyl (C=O) groups excluding carboxylic acids is 1. The first-order valence-electron chi connectivity index (χ1n) is 7.75. The molecule has 3 rings (SSSR count). The first-order valence-corrected chi connectivity index (χ1v) is 10.4. The summed E-state index contributed by atoms with van der Waals surface area (Å²) >= 11 is 7.11. The molecule has 2 aromatic carbocycles. The van der Waals surface area contributed by atoms with Crippen molar-refractivity contribution in [1.82, 2.24) is 9.29 Å². The van der Waals surface area contributed by atoms with Crippen molar-refractivity contribution < 1.29 is 13.2 Å². The minimum atomic E-state index is -3.53. The highest BCUT2D eigenvalue weighted by Gasteiger charge is 2.20. The van der Waals surface area contributed by atoms with Gasteiger partial charge in [-0.15, -0.1) is 0 Å². The molecule has 1 amide bonds. The topological polar surface area (TPSA) is 79.4 Å². The van der Waals surface area contributed by atoms with Crippen LogP contribution in [0.2, 0.25) is 5.02 Å². The molecule has 0 atom stereocenters. The van der Waals surface area contributed by atoms with E-state index in [0.717, 1.165) is 0 Å². The SMILES string of the molecule is CCN(C)S(=O)(=O)c1ccc2nc(NC(=O)c3cccc(Cl)c3)sc2c1. The number of halogens is 1. The standard InChI is InChI=1S/C17H16ClN3O3S2/c1-3-21(2)26(23,24)13-7-8-14-15(10-13)25-17(19-14)20-16(22)11-5-4-6-12(18)9-11/h4-10H,3H2,1-2H3,(H,19,20,22). The van der Waals surface area contributed by atoms with Crippen LogP contribution in [0, 0.1) is 0 Å². The molecule has 0 spiro atoms. The largest absolute Gasteiger partial charge is 0.298 e. The summed E-state index contributed by atoms with van der Waals surface area (Å²) in [6.45, 7) is 2.15. The minimum absolute atomic E-state index is 0.200. The Bertz CT molecular complexity index is 1080. The molecule has 136 valence electrons. The van der Waals surface area contributed by atoms with Gasteiger partial charge in [0.25, 0.3) is 5.91 Å². The van der Waals surface area contributed by atoms with Crippen molar-refractivity contribution in [2.24, 2.45) is 0 Å². The number of aromatic nitrogens is 1. The average Bonchev–Trinajstić information content (AvgIpc) is 3.02. The highest BCUT2D eigenvalue weighted by molar-refractivity contribution is 7.89. The fourth-order valence-electron chi connectivity index (χ4n) is 2.27. The van der Waals surface area contributed by atoms with Gasteiger partial charge in [0.05, 0.1) is 15.1 Å². The molecule has 0 fully saturated rings. The van der Waals surface area contributed by atoms with E-state index in [9.17, 15) is 13.2 Å². The molecule has 3 aromatic rings. The maximum Gasteiger partial charge on any atom is 0.257 e. The predicted octanol–water partition coefficient (Wildman–Crippen LogP) is 3.84. The molecule has 0 saturated heterocycles. The van der Waals surface area contributed by atoms with Crippen LogP contribution in [0.3, 0.4) is 0 Å². The molecule has 1 heterocycles. The van der Waals surface area contributed by atoms with E-state index in [1.165, 1.54) is 28.8 Å². The third kappa shape index (κ3) is 3.73. The van der Waals surface area contributed by atoms with Crippen LogP contribution in [0.25, 0.3) is 10.2 Å². The van der Waals surface area contributed by atoms with E-state index in [4.69, 9.17) is 11.6 Å². The molecule has 6 nitrogen and oxygen atoms in total. The van der Waals surface area contributed by atoms with Crippen molar-refractivity contribution >= 4 is 54.2 Å². The average molecular weight is 410 g/mol. The highest BCUT2D eigenvalue weighted by atomic mass is 35.5. The molecule has 0 saturated carbocycles. The molecular weight excluding hydrogens is 394 g/mol. The lowest BCUT2D eigenvalue weighted by atomic mass is 10.2. The van der Waals surface area contributed by atoms with Gasteiger partial charge < -0.3 is 0 Å². The molecule has 0 bridgehead atoms. The van der Waals surface area contributed by atoms with Gasteiger partial charge in [0, 0.05) is 24.2 Å². The molecule has 26 heavy (non-hydrogen) atoms. The van der Waals surface area contributed by atoms with Crippen molar-refractivity contribution in [3.8, 4) is 0 Å². The predicted molar refractivity (Wildman–Crippen MR) is 105 cm³/mol. The second-order valence-electron chi connectivity index (χ2n) is 5.53. The Morgan fingerprint density at radius 1 is 1.27 bits per heavy atom. The minimum Gasteiger partial charge on any atom is -0.298 e. The fourth-order valence-corrected chi connectivity index (χ4v) is 4.64. The molecule has 0 aliphatic carbocycles. The summed E-state index contributed by atoms with van der Waals surface area (Å²) in [6.07, 6.45) is 0. The Morgan fingerprint density at radius 2 is 2.04 bits per heavy atom. The Morgan fingerprint density at radius 3 is 2.73 bits per heavy atom. The lowest BCUT2D eigenvalue weighted by molar-refractivity contribution is 0.102. The van der Waals surface area contributed by atoms with Gasteiger partial charge in [-0.3, -0.25) is 10.1 Å². The van der Waals surface area contributed by atoms with Gasteiger partial charge in [-0.05, 0) is 36.4 Å². The van der Waals surface area contributed by atoms with Crippen molar-refractivity contribution in [3.63, 3.8) is 0 Å². The third-order valence-electron chi connectivity index (χ3n) is 3.82. The first kappa shape index (κ1) is 18.8. The van der Waals surface area contributed by atoms with Crippen LogP contribution < -0.4 is 5.32 Å². The molecule has 0 aliphatic rings. The zero-order chi connectivity index (χ0) is 18.9. The Hall–Kier alpha value is -2.00. The van der Waals surface area contributed by atoms with Gasteiger partial charge in [0.1, 0.15) is 0 Å². The van der Waals surface area contributed by atoms with E-state index in [1.807, 2.05) is 0 Å². The maximum atomic E-state index is 12.4. The smallest absolute Gasteiger partial charge is 0.257 e. The number of carbonyl (C=O) groups is 1. The van der Waals surface area contributed by atoms with Crippen LogP contribution in [0.15, 0.2) is 47.4 Å². The van der Waals surface area contributed by atoms with E-state index >= 15 is 0 Å². The molecule has 0 aliphatic heterocycles. The van der Waals surface area contributed by atoms with Crippen molar-refractivity contribution in [2.75, 3.05) is 18.9 Å². The fraction of sp³-hybridized carbons (Fsp3) is 0.176. The van der Waals surface area contributed by atoms with Crippen LogP contribution in [-0.4, -0.2) is 37.2 Å². The van der Waals surface area contributed by atoms with Crippen molar-refractivity contribution in [1.29, 1.82) is 0 Å². The Balaban J connectivity index is 1.89. The van der Waals surface area contributed by atoms with Crippen LogP contribution >= 0.6 is 22.9 Å². The lowest BCUT2D eigenvalue weighted by Crippen LogP contribution is -2.26. The molecular formula is C17H16ClN3O3S2. The van der Waals surface area contributed by atoms with Crippen LogP contribution in [-0.2, 0) is 10.0 Å². The van der Waals surface area contributed by atoms with Gasteiger partial charge in [0.2, 0.25) is 10.0 Å². The summed E-state index contributed by atoms with van der Waals surface area (Å²) in [5, 5.41) is 3.58. The summed E-state index contributed by atoms with van der Waals surface area (Å²) in [5.74, 6) is -0.329. The Kier molecular flexibility index (Phi) is 5.29. The van der Waals surface area contributed by atoms with Crippen LogP contribution in [0.1, 0.15) is 17.3 Å². The van der Waals surface area contributed by atoms with E-state index < -0.39 is 10.0 Å². The van der Waals surface area contributed by atoms with Crippen molar-refractivity contribution in [3.05, 3.63) is 53.1 Å². The normalized spacial score (nSPS) is 11.8. The number of nitrogens with one attached hydrogen (secondary N) is 1. The summed E-state index contributed by atoms with van der Waals surface area (Å²) in [7, 11) is -2.00. The number of hydrogen-bond acceptors (Lipinski definition) is 5. The van der Waals surface area contributed by atoms with E-state index in [0.29, 0.717) is 32.5 Å². The van der Waals surface area contributed by atoms with E-state index in [2.05, 4.69) is 10.3 Å². The molecule has 9 heteroatoms. The van der Waals surface area contributed by atoms with Crippen molar-refractivity contribution in [2.45, 2.75) is 11.8 Å². The summed E-state index contributed by atoms with van der Waals surface area (Å²) in [6, 6.07) is 11.3. The lowest BCUT2D eigenvalue weighted by Gasteiger charge is -2.14. The third-order valence-corrected chi connectivity index (χ3v) is 6.92. The van der Waals surface area contributed by atoms with Gasteiger partial charge >= 0.3 is 0 Å². The number of sulfonamides is 1. The second-order valence-corrected chi connectivity index (χ2v) is 9.04. The zero-order valence-electron chi connectivity index (χ0n) is 14.1.